The number of hydrogen-bond donors (Lipinski definition) is 0. The van der Waals surface area contributed by atoms with Gasteiger partial charge in [0.2, 0.25) is 0 Å². The zero-order chi connectivity index (χ0) is 15.6. The van der Waals surface area contributed by atoms with Crippen LogP contribution >= 0.6 is 0 Å². The van der Waals surface area contributed by atoms with Gasteiger partial charge in [-0.2, -0.15) is 0 Å². The second kappa shape index (κ2) is 11.2. The summed E-state index contributed by atoms with van der Waals surface area (Å²) in [5.74, 6) is 0. The Balaban J connectivity index is 0.00000264. The second-order valence-corrected chi connectivity index (χ2v) is 6.38. The molecular formula is C21H30ClN. The molecule has 1 nitrogen and oxygen atoms in total. The summed E-state index contributed by atoms with van der Waals surface area (Å²) in [6, 6.07) is 13.4. The van der Waals surface area contributed by atoms with Gasteiger partial charge in [0.25, 0.3) is 0 Å². The van der Waals surface area contributed by atoms with E-state index in [0.29, 0.717) is 0 Å². The molecule has 0 radical (unpaired) electrons. The van der Waals surface area contributed by atoms with Crippen molar-refractivity contribution in [2.45, 2.75) is 65.3 Å². The van der Waals surface area contributed by atoms with E-state index in [1.54, 1.807) is 0 Å². The summed E-state index contributed by atoms with van der Waals surface area (Å²) >= 11 is 0. The van der Waals surface area contributed by atoms with E-state index >= 15 is 0 Å². The molecule has 1 aromatic heterocycles. The molecule has 2 aromatic rings. The Hall–Kier alpha value is -1.34. The second-order valence-electron chi connectivity index (χ2n) is 6.38. The number of benzene rings is 1. The number of pyridine rings is 1. The van der Waals surface area contributed by atoms with Gasteiger partial charge in [-0.3, -0.25) is 0 Å². The van der Waals surface area contributed by atoms with Gasteiger partial charge in [0.15, 0.2) is 18.9 Å². The van der Waals surface area contributed by atoms with Crippen molar-refractivity contribution in [3.05, 3.63) is 65.5 Å². The zero-order valence-electron chi connectivity index (χ0n) is 14.6. The smallest absolute Gasteiger partial charge is 0.173 e. The van der Waals surface area contributed by atoms with Gasteiger partial charge in [0, 0.05) is 17.7 Å². The molecule has 1 aromatic carbocycles. The fraction of sp³-hybridized carbons (Fsp3) is 0.476. The third-order valence-corrected chi connectivity index (χ3v) is 4.26. The lowest BCUT2D eigenvalue weighted by Gasteiger charge is -2.02. The molecule has 0 amide bonds. The molecule has 0 fully saturated rings. The van der Waals surface area contributed by atoms with Crippen molar-refractivity contribution in [1.29, 1.82) is 0 Å². The molecule has 126 valence electrons. The van der Waals surface area contributed by atoms with Crippen molar-refractivity contribution in [3.63, 3.8) is 0 Å². The standard InChI is InChI=1S/C21H30N.ClH/c1-3-4-5-6-7-8-9-20-14-16-22(17-15-20)18-21-12-10-19(2)11-13-21;/h10-17H,3-9,18H2,1-2H3;1H/q+1;/p-1. The van der Waals surface area contributed by atoms with Crippen LogP contribution in [0.25, 0.3) is 0 Å². The molecule has 0 atom stereocenters. The van der Waals surface area contributed by atoms with Crippen molar-refractivity contribution in [2.75, 3.05) is 0 Å². The zero-order valence-corrected chi connectivity index (χ0v) is 15.4. The molecule has 2 rings (SSSR count). The molecule has 0 saturated heterocycles. The van der Waals surface area contributed by atoms with Gasteiger partial charge in [-0.05, 0) is 25.3 Å². The van der Waals surface area contributed by atoms with Gasteiger partial charge < -0.3 is 12.4 Å². The summed E-state index contributed by atoms with van der Waals surface area (Å²) in [6.07, 6.45) is 13.9. The molecule has 0 saturated carbocycles. The van der Waals surface area contributed by atoms with Crippen molar-refractivity contribution in [1.82, 2.24) is 0 Å². The van der Waals surface area contributed by atoms with E-state index in [2.05, 4.69) is 67.2 Å². The van der Waals surface area contributed by atoms with E-state index in [4.69, 9.17) is 0 Å². The largest absolute Gasteiger partial charge is 1.00 e. The Morgan fingerprint density at radius 3 is 2.00 bits per heavy atom. The van der Waals surface area contributed by atoms with E-state index in [-0.39, 0.29) is 12.4 Å². The predicted molar refractivity (Wildman–Crippen MR) is 94.0 cm³/mol. The molecule has 23 heavy (non-hydrogen) atoms. The molecule has 0 unspecified atom stereocenters. The average Bonchev–Trinajstić information content (AvgIpc) is 2.54. The fourth-order valence-corrected chi connectivity index (χ4v) is 2.77. The molecule has 0 aliphatic carbocycles. The number of halogens is 1. The maximum absolute atomic E-state index is 2.28. The summed E-state index contributed by atoms with van der Waals surface area (Å²) in [6.45, 7) is 5.36. The van der Waals surface area contributed by atoms with Crippen LogP contribution in [0.15, 0.2) is 48.8 Å². The van der Waals surface area contributed by atoms with Crippen LogP contribution in [-0.4, -0.2) is 0 Å². The van der Waals surface area contributed by atoms with Gasteiger partial charge in [0.05, 0.1) is 0 Å². The van der Waals surface area contributed by atoms with Crippen LogP contribution in [0.3, 0.4) is 0 Å². The molecule has 0 bridgehead atoms. The van der Waals surface area contributed by atoms with E-state index in [1.807, 2.05) is 0 Å². The maximum atomic E-state index is 2.28. The normalized spacial score (nSPS) is 10.3. The van der Waals surface area contributed by atoms with Crippen molar-refractivity contribution >= 4 is 0 Å². The number of hydrogen-bond acceptors (Lipinski definition) is 0. The molecule has 1 heterocycles. The first kappa shape index (κ1) is 19.7. The summed E-state index contributed by atoms with van der Waals surface area (Å²) in [5.41, 5.74) is 4.15. The minimum Gasteiger partial charge on any atom is -1.00 e. The van der Waals surface area contributed by atoms with Crippen molar-refractivity contribution in [3.8, 4) is 0 Å². The van der Waals surface area contributed by atoms with E-state index in [0.717, 1.165) is 6.54 Å². The third kappa shape index (κ3) is 7.65. The first-order valence-electron chi connectivity index (χ1n) is 8.81. The molecule has 2 heteroatoms. The number of aromatic nitrogens is 1. The first-order valence-corrected chi connectivity index (χ1v) is 8.81. The summed E-state index contributed by atoms with van der Waals surface area (Å²) in [4.78, 5) is 0. The highest BCUT2D eigenvalue weighted by Gasteiger charge is 2.03. The molecule has 0 aliphatic rings. The van der Waals surface area contributed by atoms with Crippen LogP contribution in [0.2, 0.25) is 0 Å². The van der Waals surface area contributed by atoms with Crippen LogP contribution in [-0.2, 0) is 13.0 Å². The SMILES string of the molecule is CCCCCCCCc1cc[n+](Cc2ccc(C)cc2)cc1.[Cl-]. The van der Waals surface area contributed by atoms with Crippen LogP contribution in [0, 0.1) is 6.92 Å². The minimum atomic E-state index is 0. The van der Waals surface area contributed by atoms with E-state index in [1.165, 1.54) is 61.6 Å². The number of unbranched alkanes of at least 4 members (excludes halogenated alkanes) is 5. The minimum absolute atomic E-state index is 0. The van der Waals surface area contributed by atoms with Crippen molar-refractivity contribution in [2.24, 2.45) is 0 Å². The average molecular weight is 332 g/mol. The highest BCUT2D eigenvalue weighted by molar-refractivity contribution is 5.20. The lowest BCUT2D eigenvalue weighted by atomic mass is 10.1. The Kier molecular flexibility index (Phi) is 9.63. The molecule has 0 N–H and O–H groups in total. The molecular weight excluding hydrogens is 302 g/mol. The highest BCUT2D eigenvalue weighted by Crippen LogP contribution is 2.09. The lowest BCUT2D eigenvalue weighted by molar-refractivity contribution is -0.688. The van der Waals surface area contributed by atoms with Crippen LogP contribution in [0.4, 0.5) is 0 Å². The quantitative estimate of drug-likeness (QED) is 0.490. The fourth-order valence-electron chi connectivity index (χ4n) is 2.77. The maximum Gasteiger partial charge on any atom is 0.173 e. The topological polar surface area (TPSA) is 3.88 Å². The van der Waals surface area contributed by atoms with Crippen LogP contribution in [0.1, 0.15) is 62.1 Å². The van der Waals surface area contributed by atoms with Crippen LogP contribution in [0.5, 0.6) is 0 Å². The van der Waals surface area contributed by atoms with Gasteiger partial charge in [-0.1, -0.05) is 68.9 Å². The van der Waals surface area contributed by atoms with Gasteiger partial charge in [-0.25, -0.2) is 4.57 Å². The third-order valence-electron chi connectivity index (χ3n) is 4.26. The number of aryl methyl sites for hydroxylation is 2. The molecule has 0 aliphatic heterocycles. The van der Waals surface area contributed by atoms with E-state index < -0.39 is 0 Å². The monoisotopic (exact) mass is 331 g/mol. The highest BCUT2D eigenvalue weighted by atomic mass is 35.5. The Bertz CT molecular complexity index is 531. The summed E-state index contributed by atoms with van der Waals surface area (Å²) in [7, 11) is 0. The van der Waals surface area contributed by atoms with Gasteiger partial charge in [0.1, 0.15) is 0 Å². The number of nitrogens with zero attached hydrogens (tertiary/aromatic N) is 1. The van der Waals surface area contributed by atoms with Crippen molar-refractivity contribution < 1.29 is 17.0 Å². The molecule has 0 spiro atoms. The van der Waals surface area contributed by atoms with Gasteiger partial charge >= 0.3 is 0 Å². The summed E-state index contributed by atoms with van der Waals surface area (Å²) in [5, 5.41) is 0. The Morgan fingerprint density at radius 1 is 0.739 bits per heavy atom. The van der Waals surface area contributed by atoms with Crippen LogP contribution < -0.4 is 17.0 Å². The Morgan fingerprint density at radius 2 is 1.35 bits per heavy atom. The van der Waals surface area contributed by atoms with Gasteiger partial charge in [-0.15, -0.1) is 0 Å². The lowest BCUT2D eigenvalue weighted by Crippen LogP contribution is -3.00. The predicted octanol–water partition coefficient (Wildman–Crippen LogP) is 2.24. The van der Waals surface area contributed by atoms with E-state index in [9.17, 15) is 0 Å². The summed E-state index contributed by atoms with van der Waals surface area (Å²) < 4.78 is 2.26. The number of rotatable bonds is 9. The first-order chi connectivity index (χ1) is 10.8. The Labute approximate surface area is 148 Å².